The molecule has 1 aromatic heterocycles. The van der Waals surface area contributed by atoms with Gasteiger partial charge in [0.25, 0.3) is 0 Å². The predicted octanol–water partition coefficient (Wildman–Crippen LogP) is 3.55. The van der Waals surface area contributed by atoms with Crippen LogP contribution in [-0.4, -0.2) is 40.8 Å². The summed E-state index contributed by atoms with van der Waals surface area (Å²) in [4.78, 5) is 7.03. The molecule has 1 saturated heterocycles. The van der Waals surface area contributed by atoms with Crippen LogP contribution < -0.4 is 5.32 Å². The second kappa shape index (κ2) is 9.06. The van der Waals surface area contributed by atoms with Crippen LogP contribution in [0.5, 0.6) is 0 Å². The van der Waals surface area contributed by atoms with Crippen LogP contribution in [0.25, 0.3) is 0 Å². The summed E-state index contributed by atoms with van der Waals surface area (Å²) >= 11 is 0. The number of nitrogens with zero attached hydrogens (tertiary/aromatic N) is 4. The molecule has 0 unspecified atom stereocenters. The van der Waals surface area contributed by atoms with Crippen molar-refractivity contribution >= 4 is 29.9 Å². The lowest BCUT2D eigenvalue weighted by Gasteiger charge is -2.44. The number of hydrogen-bond donors (Lipinski definition) is 1. The third-order valence-electron chi connectivity index (χ3n) is 5.55. The molecule has 1 spiro atoms. The van der Waals surface area contributed by atoms with E-state index in [4.69, 9.17) is 0 Å². The van der Waals surface area contributed by atoms with Gasteiger partial charge < -0.3 is 10.2 Å². The van der Waals surface area contributed by atoms with Crippen LogP contribution in [0.1, 0.15) is 56.9 Å². The van der Waals surface area contributed by atoms with Crippen molar-refractivity contribution in [2.75, 3.05) is 20.1 Å². The Morgan fingerprint density at radius 3 is 2.54 bits per heavy atom. The minimum atomic E-state index is 0. The van der Waals surface area contributed by atoms with Crippen molar-refractivity contribution in [2.24, 2.45) is 17.5 Å². The van der Waals surface area contributed by atoms with E-state index in [0.29, 0.717) is 5.41 Å². The Bertz CT molecular complexity index is 531. The van der Waals surface area contributed by atoms with Crippen molar-refractivity contribution in [3.63, 3.8) is 0 Å². The van der Waals surface area contributed by atoms with Crippen LogP contribution in [0.2, 0.25) is 0 Å². The summed E-state index contributed by atoms with van der Waals surface area (Å²) in [6.45, 7) is 3.11. The minimum absolute atomic E-state index is 0. The van der Waals surface area contributed by atoms with Gasteiger partial charge in [0, 0.05) is 45.5 Å². The first kappa shape index (κ1) is 19.5. The molecule has 0 radical (unpaired) electrons. The Morgan fingerprint density at radius 1 is 1.21 bits per heavy atom. The van der Waals surface area contributed by atoms with Crippen LogP contribution in [0.15, 0.2) is 17.4 Å². The first-order chi connectivity index (χ1) is 11.2. The molecule has 1 aromatic rings. The average molecular weight is 445 g/mol. The molecule has 1 aliphatic carbocycles. The van der Waals surface area contributed by atoms with Gasteiger partial charge in [-0.25, -0.2) is 0 Å². The maximum atomic E-state index is 4.54. The first-order valence-corrected chi connectivity index (χ1v) is 9.14. The van der Waals surface area contributed by atoms with Crippen molar-refractivity contribution in [1.82, 2.24) is 20.0 Å². The normalized spacial score (nSPS) is 21.2. The first-order valence-electron chi connectivity index (χ1n) is 9.14. The Morgan fingerprint density at radius 2 is 1.92 bits per heavy atom. The number of hydrogen-bond acceptors (Lipinski definition) is 2. The third kappa shape index (κ3) is 4.86. The second-order valence-corrected chi connectivity index (χ2v) is 7.36. The zero-order chi connectivity index (χ0) is 16.1. The smallest absolute Gasteiger partial charge is 0.193 e. The average Bonchev–Trinajstić information content (AvgIpc) is 2.84. The number of halogens is 1. The van der Waals surface area contributed by atoms with Crippen LogP contribution in [0, 0.1) is 5.41 Å². The third-order valence-corrected chi connectivity index (χ3v) is 5.55. The summed E-state index contributed by atoms with van der Waals surface area (Å²) in [5, 5.41) is 7.76. The van der Waals surface area contributed by atoms with E-state index in [1.54, 1.807) is 0 Å². The molecule has 2 fully saturated rings. The lowest BCUT2D eigenvalue weighted by Crippen LogP contribution is -2.50. The summed E-state index contributed by atoms with van der Waals surface area (Å²) in [5.74, 6) is 1.05. The van der Waals surface area contributed by atoms with E-state index in [2.05, 4.69) is 26.5 Å². The number of nitrogens with one attached hydrogen (secondary N) is 1. The summed E-state index contributed by atoms with van der Waals surface area (Å²) < 4.78 is 1.85. The standard InChI is InChI=1S/C18H31N5.HI/c1-19-17(20-12-16-13-21-22(2)14-16)23-11-7-10-18(15-23)8-5-3-4-6-9-18;/h13-14H,3-12,15H2,1-2H3,(H,19,20);1H. The topological polar surface area (TPSA) is 45.5 Å². The number of aromatic nitrogens is 2. The van der Waals surface area contributed by atoms with Gasteiger partial charge >= 0.3 is 0 Å². The Balaban J connectivity index is 0.00000208. The highest BCUT2D eigenvalue weighted by Crippen LogP contribution is 2.42. The molecular formula is C18H32IN5. The van der Waals surface area contributed by atoms with E-state index in [1.165, 1.54) is 63.5 Å². The molecule has 0 amide bonds. The van der Waals surface area contributed by atoms with E-state index in [0.717, 1.165) is 19.0 Å². The molecule has 0 bridgehead atoms. The highest BCUT2D eigenvalue weighted by atomic mass is 127. The van der Waals surface area contributed by atoms with Crippen LogP contribution in [-0.2, 0) is 13.6 Å². The Kier molecular flexibility index (Phi) is 7.37. The van der Waals surface area contributed by atoms with E-state index in [9.17, 15) is 0 Å². The Labute approximate surface area is 163 Å². The SMILES string of the molecule is CN=C(NCc1cnn(C)c1)N1CCCC2(CCCCCC2)C1.I. The maximum Gasteiger partial charge on any atom is 0.193 e. The highest BCUT2D eigenvalue weighted by molar-refractivity contribution is 14.0. The summed E-state index contributed by atoms with van der Waals surface area (Å²) in [6, 6.07) is 0. The van der Waals surface area contributed by atoms with Gasteiger partial charge in [0.2, 0.25) is 0 Å². The van der Waals surface area contributed by atoms with E-state index in [1.807, 2.05) is 25.0 Å². The van der Waals surface area contributed by atoms with Crippen LogP contribution in [0.3, 0.4) is 0 Å². The molecule has 5 nitrogen and oxygen atoms in total. The van der Waals surface area contributed by atoms with Crippen molar-refractivity contribution in [1.29, 1.82) is 0 Å². The second-order valence-electron chi connectivity index (χ2n) is 7.36. The van der Waals surface area contributed by atoms with Gasteiger partial charge in [0.05, 0.1) is 6.20 Å². The molecule has 0 aromatic carbocycles. The molecule has 2 aliphatic rings. The fraction of sp³-hybridized carbons (Fsp3) is 0.778. The van der Waals surface area contributed by atoms with Crippen LogP contribution in [0.4, 0.5) is 0 Å². The summed E-state index contributed by atoms with van der Waals surface area (Å²) in [7, 11) is 3.86. The molecule has 0 atom stereocenters. The lowest BCUT2D eigenvalue weighted by atomic mass is 9.74. The van der Waals surface area contributed by atoms with Crippen molar-refractivity contribution in [3.8, 4) is 0 Å². The molecule has 2 heterocycles. The molecule has 1 saturated carbocycles. The number of piperidine rings is 1. The van der Waals surface area contributed by atoms with Gasteiger partial charge in [-0.15, -0.1) is 24.0 Å². The van der Waals surface area contributed by atoms with Crippen LogP contribution >= 0.6 is 24.0 Å². The zero-order valence-electron chi connectivity index (χ0n) is 15.1. The monoisotopic (exact) mass is 445 g/mol. The van der Waals surface area contributed by atoms with Gasteiger partial charge in [-0.3, -0.25) is 9.67 Å². The molecular weight excluding hydrogens is 413 g/mol. The molecule has 6 heteroatoms. The molecule has 136 valence electrons. The van der Waals surface area contributed by atoms with E-state index < -0.39 is 0 Å². The highest BCUT2D eigenvalue weighted by Gasteiger charge is 2.36. The van der Waals surface area contributed by atoms with E-state index in [-0.39, 0.29) is 24.0 Å². The van der Waals surface area contributed by atoms with Crippen molar-refractivity contribution < 1.29 is 0 Å². The van der Waals surface area contributed by atoms with Crippen molar-refractivity contribution in [3.05, 3.63) is 18.0 Å². The molecule has 3 rings (SSSR count). The predicted molar refractivity (Wildman–Crippen MR) is 110 cm³/mol. The van der Waals surface area contributed by atoms with Crippen molar-refractivity contribution in [2.45, 2.75) is 57.9 Å². The van der Waals surface area contributed by atoms with Gasteiger partial charge in [-0.2, -0.15) is 5.10 Å². The van der Waals surface area contributed by atoms with Gasteiger partial charge in [-0.05, 0) is 31.1 Å². The Hall–Kier alpha value is -0.790. The maximum absolute atomic E-state index is 4.54. The molecule has 24 heavy (non-hydrogen) atoms. The number of guanidine groups is 1. The summed E-state index contributed by atoms with van der Waals surface area (Å²) in [6.07, 6.45) is 15.2. The van der Waals surface area contributed by atoms with Gasteiger partial charge in [0.15, 0.2) is 5.96 Å². The molecule has 1 aliphatic heterocycles. The zero-order valence-corrected chi connectivity index (χ0v) is 17.5. The number of likely N-dealkylation sites (tertiary alicyclic amines) is 1. The minimum Gasteiger partial charge on any atom is -0.352 e. The lowest BCUT2D eigenvalue weighted by molar-refractivity contribution is 0.115. The number of rotatable bonds is 2. The largest absolute Gasteiger partial charge is 0.352 e. The fourth-order valence-corrected chi connectivity index (χ4v) is 4.35. The fourth-order valence-electron chi connectivity index (χ4n) is 4.35. The summed E-state index contributed by atoms with van der Waals surface area (Å²) in [5.41, 5.74) is 1.75. The number of aryl methyl sites for hydroxylation is 1. The quantitative estimate of drug-likeness (QED) is 0.430. The van der Waals surface area contributed by atoms with E-state index >= 15 is 0 Å². The number of aliphatic imine (C=N–C) groups is 1. The van der Waals surface area contributed by atoms with Gasteiger partial charge in [0.1, 0.15) is 0 Å². The molecule has 1 N–H and O–H groups in total. The van der Waals surface area contributed by atoms with Gasteiger partial charge in [-0.1, -0.05) is 25.7 Å².